The molecule has 0 spiro atoms. The van der Waals surface area contributed by atoms with Gasteiger partial charge in [0.15, 0.2) is 5.13 Å². The van der Waals surface area contributed by atoms with Gasteiger partial charge in [-0.15, -0.1) is 35.1 Å². The molecule has 3 N–H and O–H groups in total. The fourth-order valence-electron chi connectivity index (χ4n) is 1.74. The molecule has 0 saturated carbocycles. The van der Waals surface area contributed by atoms with Gasteiger partial charge in [-0.05, 0) is 24.8 Å². The molecule has 2 aromatic heterocycles. The Morgan fingerprint density at radius 1 is 1.50 bits per heavy atom. The molecule has 0 aliphatic carbocycles. The topological polar surface area (TPSA) is 68.0 Å². The number of halogens is 1. The number of hydrogen-bond donors (Lipinski definition) is 2. The van der Waals surface area contributed by atoms with Gasteiger partial charge in [0.1, 0.15) is 0 Å². The van der Waals surface area contributed by atoms with Crippen molar-refractivity contribution in [2.75, 3.05) is 5.32 Å². The fourth-order valence-corrected chi connectivity index (χ4v) is 3.21. The smallest absolute Gasteiger partial charge is 0.245 e. The quantitative estimate of drug-likeness (QED) is 0.876. The molecule has 0 aliphatic rings. The van der Waals surface area contributed by atoms with Crippen molar-refractivity contribution in [2.24, 2.45) is 5.73 Å². The molecule has 2 rings (SSSR count). The van der Waals surface area contributed by atoms with E-state index in [0.717, 1.165) is 17.0 Å². The largest absolute Gasteiger partial charge is 0.318 e. The predicted molar refractivity (Wildman–Crippen MR) is 88.8 cm³/mol. The lowest BCUT2D eigenvalue weighted by Crippen LogP contribution is -2.48. The molecule has 0 radical (unpaired) electrons. The van der Waals surface area contributed by atoms with Gasteiger partial charge in [-0.3, -0.25) is 4.79 Å². The van der Waals surface area contributed by atoms with Crippen LogP contribution in [0.15, 0.2) is 22.9 Å². The first-order chi connectivity index (χ1) is 9.03. The van der Waals surface area contributed by atoms with Crippen LogP contribution in [0.5, 0.6) is 0 Å². The highest BCUT2D eigenvalue weighted by Gasteiger charge is 2.27. The van der Waals surface area contributed by atoms with Crippen LogP contribution in [0, 0.1) is 0 Å². The molecular weight excluding hydrogens is 314 g/mol. The Morgan fingerprint density at radius 2 is 2.25 bits per heavy atom. The van der Waals surface area contributed by atoms with E-state index in [-0.39, 0.29) is 18.3 Å². The number of carbonyl (C=O) groups excluding carboxylic acids is 1. The Balaban J connectivity index is 0.00000200. The second-order valence-corrected chi connectivity index (χ2v) is 6.44. The molecule has 1 amide bonds. The molecule has 0 saturated heterocycles. The van der Waals surface area contributed by atoms with E-state index >= 15 is 0 Å². The lowest BCUT2D eigenvalue weighted by atomic mass is 9.97. The average Bonchev–Trinajstić information content (AvgIpc) is 2.97. The van der Waals surface area contributed by atoms with E-state index in [1.165, 1.54) is 11.3 Å². The maximum absolute atomic E-state index is 12.1. The minimum Gasteiger partial charge on any atom is -0.318 e. The van der Waals surface area contributed by atoms with E-state index < -0.39 is 5.54 Å². The molecule has 1 unspecified atom stereocenters. The lowest BCUT2D eigenvalue weighted by molar-refractivity contribution is -0.120. The number of carbonyl (C=O) groups is 1. The summed E-state index contributed by atoms with van der Waals surface area (Å²) in [6.07, 6.45) is 1.53. The normalized spacial score (nSPS) is 13.3. The van der Waals surface area contributed by atoms with Gasteiger partial charge in [-0.2, -0.15) is 0 Å². The molecule has 4 nitrogen and oxygen atoms in total. The number of nitrogens with two attached hydrogens (primary N) is 1. The van der Waals surface area contributed by atoms with E-state index in [2.05, 4.69) is 10.3 Å². The first-order valence-electron chi connectivity index (χ1n) is 6.12. The zero-order chi connectivity index (χ0) is 13.9. The van der Waals surface area contributed by atoms with Crippen molar-refractivity contribution in [2.45, 2.75) is 32.2 Å². The SMILES string of the molecule is CCCC(C)(N)C(=O)Nc1nc(-c2cccs2)cs1.Cl. The summed E-state index contributed by atoms with van der Waals surface area (Å²) < 4.78 is 0. The van der Waals surface area contributed by atoms with Crippen molar-refractivity contribution in [1.82, 2.24) is 4.98 Å². The number of thiazole rings is 1. The Labute approximate surface area is 132 Å². The van der Waals surface area contributed by atoms with Gasteiger partial charge >= 0.3 is 0 Å². The number of rotatable bonds is 5. The zero-order valence-corrected chi connectivity index (χ0v) is 13.8. The van der Waals surface area contributed by atoms with E-state index in [1.807, 2.05) is 29.8 Å². The Bertz CT molecular complexity index is 552. The van der Waals surface area contributed by atoms with E-state index in [1.54, 1.807) is 18.3 Å². The average molecular weight is 332 g/mol. The Hall–Kier alpha value is -0.950. The van der Waals surface area contributed by atoms with Gasteiger partial charge in [0.05, 0.1) is 16.1 Å². The van der Waals surface area contributed by atoms with Gasteiger partial charge in [0.2, 0.25) is 5.91 Å². The predicted octanol–water partition coefficient (Wildman–Crippen LogP) is 3.75. The number of amides is 1. The first-order valence-corrected chi connectivity index (χ1v) is 7.88. The van der Waals surface area contributed by atoms with Gasteiger partial charge in [-0.25, -0.2) is 4.98 Å². The van der Waals surface area contributed by atoms with Gasteiger partial charge in [-0.1, -0.05) is 19.4 Å². The third kappa shape index (κ3) is 4.02. The highest BCUT2D eigenvalue weighted by molar-refractivity contribution is 7.16. The summed E-state index contributed by atoms with van der Waals surface area (Å²) in [5.41, 5.74) is 6.04. The second kappa shape index (κ2) is 7.17. The molecule has 0 bridgehead atoms. The summed E-state index contributed by atoms with van der Waals surface area (Å²) >= 11 is 3.05. The van der Waals surface area contributed by atoms with Crippen molar-refractivity contribution in [3.05, 3.63) is 22.9 Å². The van der Waals surface area contributed by atoms with Crippen molar-refractivity contribution in [3.63, 3.8) is 0 Å². The van der Waals surface area contributed by atoms with Crippen molar-refractivity contribution < 1.29 is 4.79 Å². The highest BCUT2D eigenvalue weighted by atomic mass is 35.5. The third-order valence-electron chi connectivity index (χ3n) is 2.79. The van der Waals surface area contributed by atoms with Crippen LogP contribution in [0.4, 0.5) is 5.13 Å². The molecule has 0 aromatic carbocycles. The molecule has 20 heavy (non-hydrogen) atoms. The summed E-state index contributed by atoms with van der Waals surface area (Å²) in [6, 6.07) is 3.99. The molecule has 7 heteroatoms. The highest BCUT2D eigenvalue weighted by Crippen LogP contribution is 2.28. The molecule has 2 aromatic rings. The van der Waals surface area contributed by atoms with E-state index in [9.17, 15) is 4.79 Å². The van der Waals surface area contributed by atoms with E-state index in [0.29, 0.717) is 11.6 Å². The van der Waals surface area contributed by atoms with Crippen LogP contribution in [0.1, 0.15) is 26.7 Å². The minimum absolute atomic E-state index is 0. The maximum atomic E-state index is 12.1. The molecule has 0 fully saturated rings. The number of aromatic nitrogens is 1. The van der Waals surface area contributed by atoms with E-state index in [4.69, 9.17) is 5.73 Å². The Kier molecular flexibility index (Phi) is 6.13. The fraction of sp³-hybridized carbons (Fsp3) is 0.385. The summed E-state index contributed by atoms with van der Waals surface area (Å²) in [5.74, 6) is -0.179. The van der Waals surface area contributed by atoms with Crippen LogP contribution >= 0.6 is 35.1 Å². The number of thiophene rings is 1. The molecule has 0 aliphatic heterocycles. The van der Waals surface area contributed by atoms with Crippen LogP contribution in [0.25, 0.3) is 10.6 Å². The minimum atomic E-state index is -0.844. The van der Waals surface area contributed by atoms with Crippen molar-refractivity contribution in [3.8, 4) is 10.6 Å². The molecular formula is C13H18ClN3OS2. The van der Waals surface area contributed by atoms with Gasteiger partial charge < -0.3 is 11.1 Å². The van der Waals surface area contributed by atoms with Crippen molar-refractivity contribution >= 4 is 46.1 Å². The summed E-state index contributed by atoms with van der Waals surface area (Å²) in [4.78, 5) is 17.6. The van der Waals surface area contributed by atoms with Gasteiger partial charge in [0, 0.05) is 5.38 Å². The third-order valence-corrected chi connectivity index (χ3v) is 4.44. The molecule has 110 valence electrons. The van der Waals surface area contributed by atoms with Crippen molar-refractivity contribution in [1.29, 1.82) is 0 Å². The summed E-state index contributed by atoms with van der Waals surface area (Å²) in [5, 5.41) is 7.34. The first kappa shape index (κ1) is 17.1. The number of hydrogen-bond acceptors (Lipinski definition) is 5. The zero-order valence-electron chi connectivity index (χ0n) is 11.4. The number of nitrogens with zero attached hydrogens (tertiary/aromatic N) is 1. The van der Waals surface area contributed by atoms with Crippen LogP contribution in [0.3, 0.4) is 0 Å². The van der Waals surface area contributed by atoms with Gasteiger partial charge in [0.25, 0.3) is 0 Å². The monoisotopic (exact) mass is 331 g/mol. The van der Waals surface area contributed by atoms with Crippen LogP contribution in [0.2, 0.25) is 0 Å². The lowest BCUT2D eigenvalue weighted by Gasteiger charge is -2.21. The second-order valence-electron chi connectivity index (χ2n) is 4.64. The van der Waals surface area contributed by atoms with Crippen LogP contribution < -0.4 is 11.1 Å². The maximum Gasteiger partial charge on any atom is 0.245 e. The molecule has 2 heterocycles. The molecule has 1 atom stereocenters. The summed E-state index contributed by atoms with van der Waals surface area (Å²) in [7, 11) is 0. The number of nitrogens with one attached hydrogen (secondary N) is 1. The standard InChI is InChI=1S/C13H17N3OS2.ClH/c1-3-6-13(2,14)11(17)16-12-15-9(8-19-12)10-5-4-7-18-10;/h4-5,7-8H,3,6,14H2,1-2H3,(H,15,16,17);1H. The number of anilines is 1. The van der Waals surface area contributed by atoms with Crippen LogP contribution in [-0.2, 0) is 4.79 Å². The Morgan fingerprint density at radius 3 is 2.85 bits per heavy atom. The summed E-state index contributed by atoms with van der Waals surface area (Å²) in [6.45, 7) is 3.76. The van der Waals surface area contributed by atoms with Crippen LogP contribution in [-0.4, -0.2) is 16.4 Å².